The van der Waals surface area contributed by atoms with Crippen LogP contribution in [0.15, 0.2) is 48.7 Å². The van der Waals surface area contributed by atoms with E-state index in [0.717, 1.165) is 30.8 Å². The Morgan fingerprint density at radius 3 is 2.89 bits per heavy atom. The van der Waals surface area contributed by atoms with Crippen LogP contribution in [-0.4, -0.2) is 28.5 Å². The van der Waals surface area contributed by atoms with E-state index in [-0.39, 0.29) is 17.4 Å². The fraction of sp³-hybridized carbons (Fsp3) is 0.158. The second-order valence-electron chi connectivity index (χ2n) is 6.15. The Morgan fingerprint density at radius 1 is 1.29 bits per heavy atom. The molecule has 0 spiro atoms. The average Bonchev–Trinajstić information content (AvgIpc) is 3.13. The molecule has 0 aliphatic carbocycles. The quantitative estimate of drug-likeness (QED) is 0.528. The fourth-order valence-corrected chi connectivity index (χ4v) is 3.21. The molecule has 0 fully saturated rings. The zero-order valence-corrected chi connectivity index (χ0v) is 14.9. The molecular weight excluding hydrogens is 365 g/mol. The van der Waals surface area contributed by atoms with Crippen LogP contribution in [0.3, 0.4) is 0 Å². The Kier molecular flexibility index (Phi) is 4.48. The topological polar surface area (TPSA) is 93.4 Å². The number of nitrogens with one attached hydrogen (secondary N) is 1. The number of anilines is 4. The van der Waals surface area contributed by atoms with Gasteiger partial charge in [0.2, 0.25) is 11.8 Å². The Labute approximate surface area is 159 Å². The summed E-state index contributed by atoms with van der Waals surface area (Å²) in [7, 11) is 1.35. The number of halogens is 1. The van der Waals surface area contributed by atoms with Crippen molar-refractivity contribution < 1.29 is 14.1 Å². The Bertz CT molecular complexity index is 1060. The molecule has 0 saturated heterocycles. The number of aromatic nitrogens is 2. The minimum absolute atomic E-state index is 0.114. The number of nitro benzene ring substituents is 1. The first-order valence-electron chi connectivity index (χ1n) is 8.54. The molecular formula is C19H16FN5O3. The maximum absolute atomic E-state index is 13.8. The molecule has 8 nitrogen and oxygen atoms in total. The normalized spacial score (nSPS) is 12.6. The third-order valence-corrected chi connectivity index (χ3v) is 4.52. The Morgan fingerprint density at radius 2 is 2.11 bits per heavy atom. The summed E-state index contributed by atoms with van der Waals surface area (Å²) in [5.41, 5.74) is 1.87. The van der Waals surface area contributed by atoms with Crippen LogP contribution in [0.2, 0.25) is 0 Å². The minimum atomic E-state index is -0.976. The maximum atomic E-state index is 13.8. The summed E-state index contributed by atoms with van der Waals surface area (Å²) in [6.07, 6.45) is 2.51. The molecule has 0 atom stereocenters. The lowest BCUT2D eigenvalue weighted by Gasteiger charge is -2.19. The highest BCUT2D eigenvalue weighted by molar-refractivity contribution is 5.70. The largest absolute Gasteiger partial charge is 0.494 e. The molecule has 1 aliphatic rings. The summed E-state index contributed by atoms with van der Waals surface area (Å²) in [4.78, 5) is 21.0. The van der Waals surface area contributed by atoms with Crippen molar-refractivity contribution in [2.45, 2.75) is 6.42 Å². The van der Waals surface area contributed by atoms with Gasteiger partial charge in [-0.15, -0.1) is 0 Å². The van der Waals surface area contributed by atoms with Crippen molar-refractivity contribution in [3.63, 3.8) is 0 Å². The third-order valence-electron chi connectivity index (χ3n) is 4.52. The Hall–Kier alpha value is -3.75. The molecule has 0 bridgehead atoms. The van der Waals surface area contributed by atoms with E-state index >= 15 is 0 Å². The van der Waals surface area contributed by atoms with Gasteiger partial charge in [0.1, 0.15) is 11.6 Å². The highest BCUT2D eigenvalue weighted by atomic mass is 19.1. The van der Waals surface area contributed by atoms with E-state index in [4.69, 9.17) is 4.74 Å². The second kappa shape index (κ2) is 7.10. The summed E-state index contributed by atoms with van der Waals surface area (Å²) < 4.78 is 18.9. The van der Waals surface area contributed by atoms with Gasteiger partial charge in [0.25, 0.3) is 0 Å². The maximum Gasteiger partial charge on any atom is 0.307 e. The first-order valence-corrected chi connectivity index (χ1v) is 8.54. The van der Waals surface area contributed by atoms with Crippen molar-refractivity contribution in [2.24, 2.45) is 0 Å². The molecule has 2 aromatic carbocycles. The molecule has 4 rings (SSSR count). The summed E-state index contributed by atoms with van der Waals surface area (Å²) in [5.74, 6) is 0.0541. The van der Waals surface area contributed by atoms with E-state index in [1.807, 2.05) is 18.2 Å². The monoisotopic (exact) mass is 381 g/mol. The van der Waals surface area contributed by atoms with Crippen LogP contribution in [-0.2, 0) is 6.42 Å². The van der Waals surface area contributed by atoms with Crippen molar-refractivity contribution in [2.75, 3.05) is 23.9 Å². The zero-order valence-electron chi connectivity index (χ0n) is 14.9. The van der Waals surface area contributed by atoms with Gasteiger partial charge in [0.05, 0.1) is 17.7 Å². The highest BCUT2D eigenvalue weighted by Crippen LogP contribution is 2.35. The lowest BCUT2D eigenvalue weighted by Crippen LogP contribution is -2.15. The van der Waals surface area contributed by atoms with E-state index < -0.39 is 16.4 Å². The van der Waals surface area contributed by atoms with Crippen molar-refractivity contribution in [1.29, 1.82) is 0 Å². The van der Waals surface area contributed by atoms with Crippen LogP contribution < -0.4 is 15.0 Å². The number of rotatable bonds is 5. The predicted molar refractivity (Wildman–Crippen MR) is 102 cm³/mol. The van der Waals surface area contributed by atoms with Gasteiger partial charge < -0.3 is 15.0 Å². The van der Waals surface area contributed by atoms with E-state index in [1.165, 1.54) is 12.7 Å². The highest BCUT2D eigenvalue weighted by Gasteiger charge is 2.22. The van der Waals surface area contributed by atoms with Gasteiger partial charge in [0.15, 0.2) is 0 Å². The zero-order chi connectivity index (χ0) is 19.7. The smallest absolute Gasteiger partial charge is 0.307 e. The molecule has 142 valence electrons. The molecule has 0 saturated carbocycles. The lowest BCUT2D eigenvalue weighted by molar-refractivity contribution is -0.387. The van der Waals surface area contributed by atoms with Crippen molar-refractivity contribution in [1.82, 2.24) is 9.97 Å². The number of para-hydroxylation sites is 1. The first-order chi connectivity index (χ1) is 13.6. The van der Waals surface area contributed by atoms with Crippen LogP contribution in [0.1, 0.15) is 5.56 Å². The molecule has 1 aromatic heterocycles. The summed E-state index contributed by atoms with van der Waals surface area (Å²) >= 11 is 0. The summed E-state index contributed by atoms with van der Waals surface area (Å²) in [6, 6.07) is 11.9. The first kappa shape index (κ1) is 17.7. The fourth-order valence-electron chi connectivity index (χ4n) is 3.21. The van der Waals surface area contributed by atoms with Crippen LogP contribution in [0.4, 0.5) is 33.2 Å². The van der Waals surface area contributed by atoms with E-state index in [0.29, 0.717) is 5.82 Å². The number of benzene rings is 2. The van der Waals surface area contributed by atoms with Crippen LogP contribution in [0, 0.1) is 15.9 Å². The molecule has 0 unspecified atom stereocenters. The number of hydrogen-bond acceptors (Lipinski definition) is 7. The number of nitrogens with zero attached hydrogens (tertiary/aromatic N) is 4. The number of hydrogen-bond donors (Lipinski definition) is 1. The van der Waals surface area contributed by atoms with Gasteiger partial charge in [0, 0.05) is 30.6 Å². The molecule has 0 radical (unpaired) electrons. The standard InChI is InChI=1S/C19H16FN5O3/c1-28-17-10-13(20)16(25(26)27)11-14(17)22-19-21-8-6-18(23-19)24-9-7-12-4-2-3-5-15(12)24/h2-6,8,10-11H,7,9H2,1H3,(H,21,22,23). The molecule has 9 heteroatoms. The van der Waals surface area contributed by atoms with Gasteiger partial charge in [-0.3, -0.25) is 10.1 Å². The molecule has 1 N–H and O–H groups in total. The lowest BCUT2D eigenvalue weighted by atomic mass is 10.2. The SMILES string of the molecule is COc1cc(F)c([N+](=O)[O-])cc1Nc1nccc(N2CCc3ccccc32)n1. The van der Waals surface area contributed by atoms with Gasteiger partial charge in [-0.25, -0.2) is 4.98 Å². The van der Waals surface area contributed by atoms with E-state index in [9.17, 15) is 14.5 Å². The third kappa shape index (κ3) is 3.18. The number of fused-ring (bicyclic) bond motifs is 1. The molecule has 0 amide bonds. The van der Waals surface area contributed by atoms with E-state index in [2.05, 4.69) is 26.3 Å². The average molecular weight is 381 g/mol. The molecule has 1 aliphatic heterocycles. The van der Waals surface area contributed by atoms with Crippen molar-refractivity contribution >= 4 is 28.8 Å². The predicted octanol–water partition coefficient (Wildman–Crippen LogP) is 3.97. The van der Waals surface area contributed by atoms with Gasteiger partial charge in [-0.05, 0) is 24.1 Å². The van der Waals surface area contributed by atoms with Crippen LogP contribution >= 0.6 is 0 Å². The van der Waals surface area contributed by atoms with Gasteiger partial charge >= 0.3 is 5.69 Å². The molecule has 28 heavy (non-hydrogen) atoms. The minimum Gasteiger partial charge on any atom is -0.494 e. The van der Waals surface area contributed by atoms with E-state index in [1.54, 1.807) is 12.3 Å². The second-order valence-corrected chi connectivity index (χ2v) is 6.15. The summed E-state index contributed by atoms with van der Waals surface area (Å²) in [5, 5.41) is 13.9. The van der Waals surface area contributed by atoms with Crippen LogP contribution in [0.5, 0.6) is 5.75 Å². The molecule has 3 aromatic rings. The number of ether oxygens (including phenoxy) is 1. The Balaban J connectivity index is 1.67. The van der Waals surface area contributed by atoms with Crippen molar-refractivity contribution in [3.05, 3.63) is 70.2 Å². The summed E-state index contributed by atoms with van der Waals surface area (Å²) in [6.45, 7) is 0.793. The number of nitro groups is 1. The molecule has 2 heterocycles. The van der Waals surface area contributed by atoms with Gasteiger partial charge in [-0.1, -0.05) is 18.2 Å². The number of methoxy groups -OCH3 is 1. The van der Waals surface area contributed by atoms with Crippen LogP contribution in [0.25, 0.3) is 0 Å². The van der Waals surface area contributed by atoms with Crippen molar-refractivity contribution in [3.8, 4) is 5.75 Å². The van der Waals surface area contributed by atoms with Gasteiger partial charge in [-0.2, -0.15) is 9.37 Å².